The summed E-state index contributed by atoms with van der Waals surface area (Å²) in [4.78, 5) is 26.8. The Kier molecular flexibility index (Phi) is 4.23. The van der Waals surface area contributed by atoms with Gasteiger partial charge in [0.1, 0.15) is 13.2 Å². The van der Waals surface area contributed by atoms with Crippen molar-refractivity contribution < 1.29 is 14.3 Å². The zero-order valence-corrected chi connectivity index (χ0v) is 13.3. The summed E-state index contributed by atoms with van der Waals surface area (Å²) in [6, 6.07) is 5.55. The highest BCUT2D eigenvalue weighted by atomic mass is 16.6. The predicted molar refractivity (Wildman–Crippen MR) is 87.2 cm³/mol. The SMILES string of the molecule is CC(C)NC(=O)CCc1cc2cc3c(cc2[nH]c1=O)OCCO3. The summed E-state index contributed by atoms with van der Waals surface area (Å²) in [5.41, 5.74) is 1.12. The van der Waals surface area contributed by atoms with E-state index >= 15 is 0 Å². The summed E-state index contributed by atoms with van der Waals surface area (Å²) >= 11 is 0. The van der Waals surface area contributed by atoms with Crippen LogP contribution >= 0.6 is 0 Å². The first-order valence-electron chi connectivity index (χ1n) is 7.78. The van der Waals surface area contributed by atoms with Crippen LogP contribution in [-0.4, -0.2) is 30.1 Å². The van der Waals surface area contributed by atoms with Gasteiger partial charge in [0, 0.05) is 29.5 Å². The molecule has 1 amide bonds. The van der Waals surface area contributed by atoms with Crippen LogP contribution in [0.5, 0.6) is 11.5 Å². The molecule has 1 aliphatic heterocycles. The summed E-state index contributed by atoms with van der Waals surface area (Å²) in [6.45, 7) is 4.84. The number of carbonyl (C=O) groups is 1. The van der Waals surface area contributed by atoms with Gasteiger partial charge in [-0.25, -0.2) is 0 Å². The molecule has 0 aliphatic carbocycles. The zero-order valence-electron chi connectivity index (χ0n) is 13.3. The monoisotopic (exact) mass is 316 g/mol. The molecule has 3 rings (SSSR count). The minimum Gasteiger partial charge on any atom is -0.486 e. The topological polar surface area (TPSA) is 80.4 Å². The van der Waals surface area contributed by atoms with Gasteiger partial charge in [0.2, 0.25) is 5.91 Å². The molecule has 1 aromatic carbocycles. The molecule has 0 unspecified atom stereocenters. The van der Waals surface area contributed by atoms with Gasteiger partial charge in [-0.2, -0.15) is 0 Å². The first-order valence-corrected chi connectivity index (χ1v) is 7.78. The fraction of sp³-hybridized carbons (Fsp3) is 0.412. The summed E-state index contributed by atoms with van der Waals surface area (Å²) < 4.78 is 11.1. The Morgan fingerprint density at radius 1 is 1.22 bits per heavy atom. The van der Waals surface area contributed by atoms with Crippen LogP contribution in [-0.2, 0) is 11.2 Å². The number of nitrogens with one attached hydrogen (secondary N) is 2. The van der Waals surface area contributed by atoms with E-state index in [0.717, 1.165) is 5.39 Å². The Morgan fingerprint density at radius 3 is 2.61 bits per heavy atom. The number of H-pyrrole nitrogens is 1. The van der Waals surface area contributed by atoms with Crippen molar-refractivity contribution >= 4 is 16.8 Å². The van der Waals surface area contributed by atoms with Crippen molar-refractivity contribution in [1.29, 1.82) is 0 Å². The molecule has 2 heterocycles. The number of aryl methyl sites for hydroxylation is 1. The summed E-state index contributed by atoms with van der Waals surface area (Å²) in [7, 11) is 0. The van der Waals surface area contributed by atoms with Gasteiger partial charge in [-0.15, -0.1) is 0 Å². The number of ether oxygens (including phenoxy) is 2. The smallest absolute Gasteiger partial charge is 0.251 e. The number of amides is 1. The molecule has 6 nitrogen and oxygen atoms in total. The Labute approximate surface area is 133 Å². The quantitative estimate of drug-likeness (QED) is 0.900. The first-order chi connectivity index (χ1) is 11.0. The summed E-state index contributed by atoms with van der Waals surface area (Å²) in [5.74, 6) is 1.27. The molecule has 0 spiro atoms. The molecule has 2 aromatic rings. The van der Waals surface area contributed by atoms with Crippen LogP contribution in [0.2, 0.25) is 0 Å². The molecule has 0 saturated carbocycles. The molecule has 1 aliphatic rings. The molecule has 0 radical (unpaired) electrons. The maximum absolute atomic E-state index is 12.2. The normalized spacial score (nSPS) is 13.3. The molecule has 1 aromatic heterocycles. The van der Waals surface area contributed by atoms with Crippen molar-refractivity contribution in [3.63, 3.8) is 0 Å². The van der Waals surface area contributed by atoms with Crippen LogP contribution < -0.4 is 20.3 Å². The van der Waals surface area contributed by atoms with E-state index in [1.807, 2.05) is 26.0 Å². The van der Waals surface area contributed by atoms with Gasteiger partial charge in [-0.05, 0) is 32.4 Å². The van der Waals surface area contributed by atoms with E-state index in [0.29, 0.717) is 42.2 Å². The van der Waals surface area contributed by atoms with E-state index in [9.17, 15) is 9.59 Å². The highest BCUT2D eigenvalue weighted by molar-refractivity contribution is 5.83. The number of aromatic nitrogens is 1. The molecule has 0 atom stereocenters. The second-order valence-electron chi connectivity index (χ2n) is 5.93. The van der Waals surface area contributed by atoms with Gasteiger partial charge in [-0.1, -0.05) is 0 Å². The molecule has 0 bridgehead atoms. The lowest BCUT2D eigenvalue weighted by atomic mass is 10.1. The fourth-order valence-electron chi connectivity index (χ4n) is 2.62. The van der Waals surface area contributed by atoms with Crippen LogP contribution in [0.1, 0.15) is 25.8 Å². The van der Waals surface area contributed by atoms with Crippen molar-refractivity contribution in [2.24, 2.45) is 0 Å². The number of hydrogen-bond donors (Lipinski definition) is 2. The summed E-state index contributed by atoms with van der Waals surface area (Å²) in [5, 5.41) is 3.69. The standard InChI is InChI=1S/C17H20N2O4/c1-10(2)18-16(20)4-3-11-7-12-8-14-15(23-6-5-22-14)9-13(12)19-17(11)21/h7-10H,3-6H2,1-2H3,(H,18,20)(H,19,21). The maximum Gasteiger partial charge on any atom is 0.251 e. The fourth-order valence-corrected chi connectivity index (χ4v) is 2.62. The number of hydrogen-bond acceptors (Lipinski definition) is 4. The average molecular weight is 316 g/mol. The second kappa shape index (κ2) is 6.32. The van der Waals surface area contributed by atoms with E-state index in [1.54, 1.807) is 6.07 Å². The van der Waals surface area contributed by atoms with Crippen molar-refractivity contribution in [3.05, 3.63) is 34.1 Å². The minimum atomic E-state index is -0.175. The maximum atomic E-state index is 12.2. The van der Waals surface area contributed by atoms with E-state index in [2.05, 4.69) is 10.3 Å². The molecular formula is C17H20N2O4. The van der Waals surface area contributed by atoms with Crippen LogP contribution in [0.4, 0.5) is 0 Å². The highest BCUT2D eigenvalue weighted by Crippen LogP contribution is 2.33. The van der Waals surface area contributed by atoms with Crippen molar-refractivity contribution in [2.75, 3.05) is 13.2 Å². The van der Waals surface area contributed by atoms with Crippen LogP contribution in [0, 0.1) is 0 Å². The zero-order chi connectivity index (χ0) is 16.4. The number of benzene rings is 1. The van der Waals surface area contributed by atoms with E-state index in [4.69, 9.17) is 9.47 Å². The van der Waals surface area contributed by atoms with Crippen LogP contribution in [0.25, 0.3) is 10.9 Å². The van der Waals surface area contributed by atoms with Crippen LogP contribution in [0.15, 0.2) is 23.0 Å². The van der Waals surface area contributed by atoms with Crippen molar-refractivity contribution in [1.82, 2.24) is 10.3 Å². The number of pyridine rings is 1. The van der Waals surface area contributed by atoms with Crippen molar-refractivity contribution in [3.8, 4) is 11.5 Å². The number of carbonyl (C=O) groups excluding carboxylic acids is 1. The number of fused-ring (bicyclic) bond motifs is 2. The van der Waals surface area contributed by atoms with Gasteiger partial charge < -0.3 is 19.8 Å². The Bertz CT molecular complexity index is 795. The lowest BCUT2D eigenvalue weighted by Crippen LogP contribution is -2.30. The predicted octanol–water partition coefficient (Wildman–Crippen LogP) is 1.76. The highest BCUT2D eigenvalue weighted by Gasteiger charge is 2.14. The molecule has 122 valence electrons. The largest absolute Gasteiger partial charge is 0.486 e. The third kappa shape index (κ3) is 3.47. The van der Waals surface area contributed by atoms with Gasteiger partial charge in [0.05, 0.1) is 5.52 Å². The van der Waals surface area contributed by atoms with Gasteiger partial charge in [0.15, 0.2) is 11.5 Å². The lowest BCUT2D eigenvalue weighted by molar-refractivity contribution is -0.121. The number of rotatable bonds is 4. The number of aromatic amines is 1. The third-order valence-electron chi connectivity index (χ3n) is 3.65. The van der Waals surface area contributed by atoms with E-state index in [-0.39, 0.29) is 23.9 Å². The first kappa shape index (κ1) is 15.4. The minimum absolute atomic E-state index is 0.0540. The van der Waals surface area contributed by atoms with Crippen molar-refractivity contribution in [2.45, 2.75) is 32.7 Å². The molecule has 0 fully saturated rings. The third-order valence-corrected chi connectivity index (χ3v) is 3.65. The lowest BCUT2D eigenvalue weighted by Gasteiger charge is -2.18. The molecule has 23 heavy (non-hydrogen) atoms. The molecule has 0 saturated heterocycles. The van der Waals surface area contributed by atoms with Gasteiger partial charge in [0.25, 0.3) is 5.56 Å². The Balaban J connectivity index is 1.85. The average Bonchev–Trinajstić information content (AvgIpc) is 2.50. The van der Waals surface area contributed by atoms with E-state index in [1.165, 1.54) is 0 Å². The Hall–Kier alpha value is -2.50. The Morgan fingerprint density at radius 2 is 1.91 bits per heavy atom. The molecule has 2 N–H and O–H groups in total. The van der Waals surface area contributed by atoms with E-state index < -0.39 is 0 Å². The van der Waals surface area contributed by atoms with Gasteiger partial charge in [-0.3, -0.25) is 9.59 Å². The van der Waals surface area contributed by atoms with Crippen LogP contribution in [0.3, 0.4) is 0 Å². The molecule has 6 heteroatoms. The molecular weight excluding hydrogens is 296 g/mol. The van der Waals surface area contributed by atoms with Gasteiger partial charge >= 0.3 is 0 Å². The summed E-state index contributed by atoms with van der Waals surface area (Å²) in [6.07, 6.45) is 0.690. The second-order valence-corrected chi connectivity index (χ2v) is 5.93.